The molecule has 1 unspecified atom stereocenters. The minimum absolute atomic E-state index is 0.0189. The lowest BCUT2D eigenvalue weighted by Crippen LogP contribution is -2.44. The molecule has 1 aliphatic carbocycles. The SMILES string of the molecule is C=C(Br)CNC1CC(=O)N(C2CCCCCC2)C1=O. The van der Waals surface area contributed by atoms with Gasteiger partial charge in [-0.05, 0) is 12.8 Å². The van der Waals surface area contributed by atoms with Gasteiger partial charge in [0.25, 0.3) is 0 Å². The number of carbonyl (C=O) groups is 2. The Morgan fingerprint density at radius 1 is 1.26 bits per heavy atom. The molecule has 2 aliphatic rings. The van der Waals surface area contributed by atoms with Gasteiger partial charge in [0.15, 0.2) is 0 Å². The summed E-state index contributed by atoms with van der Waals surface area (Å²) >= 11 is 3.25. The first-order chi connectivity index (χ1) is 9.09. The van der Waals surface area contributed by atoms with Crippen molar-refractivity contribution in [2.45, 2.75) is 57.0 Å². The molecule has 0 aromatic carbocycles. The zero-order valence-electron chi connectivity index (χ0n) is 11.2. The third-order valence-electron chi connectivity index (χ3n) is 3.91. The maximum absolute atomic E-state index is 12.3. The van der Waals surface area contributed by atoms with Crippen LogP contribution in [0, 0.1) is 0 Å². The van der Waals surface area contributed by atoms with Crippen LogP contribution in [0.15, 0.2) is 11.1 Å². The van der Waals surface area contributed by atoms with Gasteiger partial charge in [-0.3, -0.25) is 14.5 Å². The summed E-state index contributed by atoms with van der Waals surface area (Å²) in [5.41, 5.74) is 0. The standard InChI is InChI=1S/C14H21BrN2O2/c1-10(15)9-16-12-8-13(18)17(14(12)19)11-6-4-2-3-5-7-11/h11-12,16H,1-9H2. The number of hydrogen-bond donors (Lipinski definition) is 1. The predicted octanol–water partition coefficient (Wildman–Crippen LogP) is 2.33. The summed E-state index contributed by atoms with van der Waals surface area (Å²) < 4.78 is 0.792. The average molecular weight is 329 g/mol. The molecule has 1 saturated carbocycles. The van der Waals surface area contributed by atoms with Crippen LogP contribution in [0.25, 0.3) is 0 Å². The zero-order valence-corrected chi connectivity index (χ0v) is 12.7. The van der Waals surface area contributed by atoms with Gasteiger partial charge < -0.3 is 5.32 Å². The van der Waals surface area contributed by atoms with Crippen LogP contribution in [0.4, 0.5) is 0 Å². The Kier molecular flexibility index (Phi) is 5.16. The quantitative estimate of drug-likeness (QED) is 0.636. The highest BCUT2D eigenvalue weighted by atomic mass is 79.9. The first-order valence-corrected chi connectivity index (χ1v) is 7.81. The molecule has 1 aliphatic heterocycles. The van der Waals surface area contributed by atoms with E-state index in [1.54, 1.807) is 0 Å². The Morgan fingerprint density at radius 3 is 2.47 bits per heavy atom. The van der Waals surface area contributed by atoms with Crippen molar-refractivity contribution < 1.29 is 9.59 Å². The van der Waals surface area contributed by atoms with Crippen LogP contribution in [0.2, 0.25) is 0 Å². The van der Waals surface area contributed by atoms with Gasteiger partial charge in [0.05, 0.1) is 12.5 Å². The van der Waals surface area contributed by atoms with Crippen molar-refractivity contribution in [1.82, 2.24) is 10.2 Å². The summed E-state index contributed by atoms with van der Waals surface area (Å²) in [6.45, 7) is 4.24. The van der Waals surface area contributed by atoms with Gasteiger partial charge in [-0.1, -0.05) is 48.2 Å². The average Bonchev–Trinajstić information content (AvgIpc) is 2.58. The number of hydrogen-bond acceptors (Lipinski definition) is 3. The Morgan fingerprint density at radius 2 is 1.89 bits per heavy atom. The van der Waals surface area contributed by atoms with Gasteiger partial charge in [0, 0.05) is 17.1 Å². The van der Waals surface area contributed by atoms with Crippen LogP contribution in [0.5, 0.6) is 0 Å². The molecule has 0 bridgehead atoms. The van der Waals surface area contributed by atoms with Gasteiger partial charge in [-0.25, -0.2) is 0 Å². The summed E-state index contributed by atoms with van der Waals surface area (Å²) in [6, 6.07) is -0.244. The molecule has 1 N–H and O–H groups in total. The fraction of sp³-hybridized carbons (Fsp3) is 0.714. The normalized spacial score (nSPS) is 25.7. The minimum Gasteiger partial charge on any atom is -0.301 e. The number of carbonyl (C=O) groups excluding carboxylic acids is 2. The molecule has 4 nitrogen and oxygen atoms in total. The lowest BCUT2D eigenvalue weighted by Gasteiger charge is -2.25. The van der Waals surface area contributed by atoms with E-state index in [2.05, 4.69) is 27.8 Å². The van der Waals surface area contributed by atoms with E-state index < -0.39 is 0 Å². The van der Waals surface area contributed by atoms with Gasteiger partial charge in [-0.15, -0.1) is 0 Å². The first-order valence-electron chi connectivity index (χ1n) is 7.02. The molecular formula is C14H21BrN2O2. The molecule has 106 valence electrons. The number of nitrogens with one attached hydrogen (secondary N) is 1. The summed E-state index contributed by atoms with van der Waals surface area (Å²) in [6.07, 6.45) is 6.91. The number of rotatable bonds is 4. The van der Waals surface area contributed by atoms with Gasteiger partial charge >= 0.3 is 0 Å². The Balaban J connectivity index is 1.98. The van der Waals surface area contributed by atoms with Crippen LogP contribution in [0.3, 0.4) is 0 Å². The molecule has 0 spiro atoms. The summed E-state index contributed by atoms with van der Waals surface area (Å²) in [7, 11) is 0. The van der Waals surface area contributed by atoms with E-state index in [1.165, 1.54) is 17.7 Å². The van der Waals surface area contributed by atoms with Crippen molar-refractivity contribution in [2.75, 3.05) is 6.54 Å². The molecular weight excluding hydrogens is 308 g/mol. The fourth-order valence-electron chi connectivity index (χ4n) is 2.94. The van der Waals surface area contributed by atoms with Crippen LogP contribution >= 0.6 is 15.9 Å². The maximum Gasteiger partial charge on any atom is 0.247 e. The molecule has 2 amide bonds. The molecule has 1 atom stereocenters. The number of halogens is 1. The van der Waals surface area contributed by atoms with Gasteiger partial charge in [0.1, 0.15) is 0 Å². The highest BCUT2D eigenvalue weighted by Gasteiger charge is 2.41. The van der Waals surface area contributed by atoms with Gasteiger partial charge in [-0.2, -0.15) is 0 Å². The lowest BCUT2D eigenvalue weighted by atomic mass is 10.1. The number of amides is 2. The smallest absolute Gasteiger partial charge is 0.247 e. The maximum atomic E-state index is 12.3. The molecule has 0 aromatic heterocycles. The van der Waals surface area contributed by atoms with Crippen molar-refractivity contribution in [3.63, 3.8) is 0 Å². The van der Waals surface area contributed by atoms with Crippen molar-refractivity contribution >= 4 is 27.7 Å². The molecule has 0 radical (unpaired) electrons. The fourth-order valence-corrected chi connectivity index (χ4v) is 3.11. The van der Waals surface area contributed by atoms with Crippen molar-refractivity contribution in [3.05, 3.63) is 11.1 Å². The molecule has 5 heteroatoms. The first kappa shape index (κ1) is 14.7. The summed E-state index contributed by atoms with van der Waals surface area (Å²) in [4.78, 5) is 25.9. The second-order valence-corrected chi connectivity index (χ2v) is 6.52. The Labute approximate surface area is 122 Å². The van der Waals surface area contributed by atoms with E-state index in [4.69, 9.17) is 0 Å². The van der Waals surface area contributed by atoms with Crippen molar-refractivity contribution in [2.24, 2.45) is 0 Å². The molecule has 19 heavy (non-hydrogen) atoms. The Hall–Kier alpha value is -0.680. The second-order valence-electron chi connectivity index (χ2n) is 5.40. The van der Waals surface area contributed by atoms with E-state index in [0.717, 1.165) is 30.2 Å². The highest BCUT2D eigenvalue weighted by molar-refractivity contribution is 9.11. The third-order valence-corrected chi connectivity index (χ3v) is 4.19. The molecule has 1 saturated heterocycles. The number of nitrogens with zero attached hydrogens (tertiary/aromatic N) is 1. The molecule has 2 rings (SSSR count). The summed E-state index contributed by atoms with van der Waals surface area (Å²) in [5, 5.41) is 3.09. The Bertz CT molecular complexity index is 376. The molecule has 0 aromatic rings. The lowest BCUT2D eigenvalue weighted by molar-refractivity contribution is -0.141. The van der Waals surface area contributed by atoms with Gasteiger partial charge in [0.2, 0.25) is 11.8 Å². The van der Waals surface area contributed by atoms with Crippen molar-refractivity contribution in [1.29, 1.82) is 0 Å². The highest BCUT2D eigenvalue weighted by Crippen LogP contribution is 2.26. The van der Waals surface area contributed by atoms with Crippen molar-refractivity contribution in [3.8, 4) is 0 Å². The largest absolute Gasteiger partial charge is 0.301 e. The summed E-state index contributed by atoms with van der Waals surface area (Å²) in [5.74, 6) is -0.0692. The second kappa shape index (κ2) is 6.66. The minimum atomic E-state index is -0.370. The van der Waals surface area contributed by atoms with E-state index in [1.807, 2.05) is 0 Å². The van der Waals surface area contributed by atoms with Crippen LogP contribution in [0.1, 0.15) is 44.9 Å². The van der Waals surface area contributed by atoms with E-state index in [-0.39, 0.29) is 30.3 Å². The van der Waals surface area contributed by atoms with Crippen LogP contribution < -0.4 is 5.32 Å². The topological polar surface area (TPSA) is 49.4 Å². The number of imide groups is 1. The van der Waals surface area contributed by atoms with Crippen LogP contribution in [-0.4, -0.2) is 35.3 Å². The monoisotopic (exact) mass is 328 g/mol. The predicted molar refractivity (Wildman–Crippen MR) is 77.8 cm³/mol. The van der Waals surface area contributed by atoms with E-state index >= 15 is 0 Å². The zero-order chi connectivity index (χ0) is 13.8. The van der Waals surface area contributed by atoms with E-state index in [0.29, 0.717) is 6.54 Å². The molecule has 1 heterocycles. The third kappa shape index (κ3) is 3.66. The van der Waals surface area contributed by atoms with Crippen LogP contribution in [-0.2, 0) is 9.59 Å². The molecule has 2 fully saturated rings. The number of likely N-dealkylation sites (tertiary alicyclic amines) is 1. The van der Waals surface area contributed by atoms with E-state index in [9.17, 15) is 9.59 Å².